The first kappa shape index (κ1) is 97.1. The Hall–Kier alpha value is -1.94. The summed E-state index contributed by atoms with van der Waals surface area (Å²) in [4.78, 5) is 72.9. The fourth-order valence-electron chi connectivity index (χ4n) is 12.3. The van der Waals surface area contributed by atoms with E-state index in [1.54, 1.807) is 0 Å². The summed E-state index contributed by atoms with van der Waals surface area (Å²) in [5.41, 5.74) is 0. The Morgan fingerprint density at radius 1 is 0.273 bits per heavy atom. The number of rotatable bonds is 78. The molecule has 0 heterocycles. The zero-order valence-electron chi connectivity index (χ0n) is 65.0. The van der Waals surface area contributed by atoms with E-state index < -0.39 is 97.5 Å². The topological polar surface area (TPSA) is 237 Å². The van der Waals surface area contributed by atoms with Gasteiger partial charge in [-0.05, 0) is 43.4 Å². The number of aliphatic hydroxyl groups excluding tert-OH is 1. The second-order valence-electron chi connectivity index (χ2n) is 30.2. The number of esters is 4. The molecule has 0 saturated heterocycles. The van der Waals surface area contributed by atoms with E-state index in [4.69, 9.17) is 37.0 Å². The molecule has 0 aromatic rings. The van der Waals surface area contributed by atoms with Gasteiger partial charge in [0.15, 0.2) is 12.2 Å². The monoisotopic (exact) mass is 1450 g/mol. The van der Waals surface area contributed by atoms with E-state index in [-0.39, 0.29) is 25.7 Å². The van der Waals surface area contributed by atoms with Gasteiger partial charge in [-0.25, -0.2) is 9.13 Å². The lowest BCUT2D eigenvalue weighted by Gasteiger charge is -2.21. The Morgan fingerprint density at radius 3 is 0.687 bits per heavy atom. The number of hydrogen-bond acceptors (Lipinski definition) is 15. The Bertz CT molecular complexity index is 1920. The molecular formula is C80H156O17P2. The number of carbonyl (C=O) groups is 4. The largest absolute Gasteiger partial charge is 0.472 e. The van der Waals surface area contributed by atoms with Crippen molar-refractivity contribution >= 4 is 39.5 Å². The lowest BCUT2D eigenvalue weighted by molar-refractivity contribution is -0.161. The molecule has 2 unspecified atom stereocenters. The summed E-state index contributed by atoms with van der Waals surface area (Å²) < 4.78 is 68.6. The van der Waals surface area contributed by atoms with E-state index in [9.17, 15) is 43.2 Å². The average molecular weight is 1450 g/mol. The van der Waals surface area contributed by atoms with Crippen LogP contribution in [0.5, 0.6) is 0 Å². The van der Waals surface area contributed by atoms with E-state index in [0.29, 0.717) is 25.7 Å². The first-order valence-corrected chi connectivity index (χ1v) is 44.3. The lowest BCUT2D eigenvalue weighted by Crippen LogP contribution is -2.30. The maximum Gasteiger partial charge on any atom is 0.472 e. The molecule has 19 heteroatoms. The van der Waals surface area contributed by atoms with Gasteiger partial charge in [0.25, 0.3) is 0 Å². The Balaban J connectivity index is 5.23. The Kier molecular flexibility index (Phi) is 69.0. The van der Waals surface area contributed by atoms with Crippen molar-refractivity contribution in [3.8, 4) is 0 Å². The molecule has 0 amide bonds. The summed E-state index contributed by atoms with van der Waals surface area (Å²) in [5, 5.41) is 10.6. The molecule has 5 atom stereocenters. The van der Waals surface area contributed by atoms with E-state index in [1.807, 2.05) is 0 Å². The van der Waals surface area contributed by atoms with Gasteiger partial charge in [0.2, 0.25) is 0 Å². The zero-order chi connectivity index (χ0) is 73.0. The summed E-state index contributed by atoms with van der Waals surface area (Å²) in [6.45, 7) is 11.9. The van der Waals surface area contributed by atoms with Gasteiger partial charge in [0, 0.05) is 25.7 Å². The van der Waals surface area contributed by atoms with Gasteiger partial charge in [-0.2, -0.15) is 0 Å². The molecule has 0 aliphatic rings. The van der Waals surface area contributed by atoms with Crippen molar-refractivity contribution < 1.29 is 80.2 Å². The normalized spacial score (nSPS) is 14.0. The van der Waals surface area contributed by atoms with Crippen LogP contribution in [0.3, 0.4) is 0 Å². The Labute approximate surface area is 607 Å². The number of phosphoric ester groups is 2. The molecule has 0 bridgehead atoms. The minimum absolute atomic E-state index is 0.104. The van der Waals surface area contributed by atoms with E-state index in [0.717, 1.165) is 108 Å². The van der Waals surface area contributed by atoms with Crippen LogP contribution < -0.4 is 0 Å². The van der Waals surface area contributed by atoms with Crippen molar-refractivity contribution in [2.24, 2.45) is 17.8 Å². The molecule has 588 valence electrons. The van der Waals surface area contributed by atoms with Crippen LogP contribution in [0.4, 0.5) is 0 Å². The molecular weight excluding hydrogens is 1290 g/mol. The van der Waals surface area contributed by atoms with Crippen molar-refractivity contribution in [3.63, 3.8) is 0 Å². The predicted molar refractivity (Wildman–Crippen MR) is 405 cm³/mol. The van der Waals surface area contributed by atoms with E-state index in [1.165, 1.54) is 225 Å². The number of aliphatic hydroxyl groups is 1. The predicted octanol–water partition coefficient (Wildman–Crippen LogP) is 23.7. The van der Waals surface area contributed by atoms with Gasteiger partial charge < -0.3 is 33.8 Å². The molecule has 17 nitrogen and oxygen atoms in total. The van der Waals surface area contributed by atoms with Crippen molar-refractivity contribution in [1.82, 2.24) is 0 Å². The highest BCUT2D eigenvalue weighted by atomic mass is 31.2. The van der Waals surface area contributed by atoms with Crippen LogP contribution in [0, 0.1) is 17.8 Å². The van der Waals surface area contributed by atoms with Crippen molar-refractivity contribution in [2.75, 3.05) is 39.6 Å². The van der Waals surface area contributed by atoms with Gasteiger partial charge in [-0.15, -0.1) is 0 Å². The minimum atomic E-state index is -4.96. The van der Waals surface area contributed by atoms with E-state index >= 15 is 0 Å². The van der Waals surface area contributed by atoms with Gasteiger partial charge in [0.05, 0.1) is 26.4 Å². The summed E-state index contributed by atoms with van der Waals surface area (Å²) in [6.07, 6.45) is 58.4. The highest BCUT2D eigenvalue weighted by Crippen LogP contribution is 2.45. The highest BCUT2D eigenvalue weighted by molar-refractivity contribution is 7.47. The number of ether oxygens (including phenoxy) is 4. The van der Waals surface area contributed by atoms with Crippen LogP contribution >= 0.6 is 15.6 Å². The maximum absolute atomic E-state index is 13.1. The van der Waals surface area contributed by atoms with Crippen LogP contribution in [0.2, 0.25) is 0 Å². The quantitative estimate of drug-likeness (QED) is 0.0222. The van der Waals surface area contributed by atoms with Gasteiger partial charge in [0.1, 0.15) is 19.3 Å². The molecule has 99 heavy (non-hydrogen) atoms. The van der Waals surface area contributed by atoms with Crippen LogP contribution in [-0.4, -0.2) is 96.7 Å². The molecule has 0 aromatic carbocycles. The first-order chi connectivity index (χ1) is 47.7. The molecule has 0 aromatic heterocycles. The van der Waals surface area contributed by atoms with Crippen LogP contribution in [0.1, 0.15) is 414 Å². The summed E-state index contributed by atoms with van der Waals surface area (Å²) in [7, 11) is -9.92. The molecule has 0 spiro atoms. The number of hydrogen-bond donors (Lipinski definition) is 3. The minimum Gasteiger partial charge on any atom is -0.462 e. The Morgan fingerprint density at radius 2 is 0.465 bits per heavy atom. The molecule has 0 fully saturated rings. The summed E-state index contributed by atoms with van der Waals surface area (Å²) >= 11 is 0. The number of carbonyl (C=O) groups excluding carboxylic acids is 4. The van der Waals surface area contributed by atoms with Crippen molar-refractivity contribution in [2.45, 2.75) is 433 Å². The third-order valence-corrected chi connectivity index (χ3v) is 20.5. The smallest absolute Gasteiger partial charge is 0.462 e. The molecule has 0 rings (SSSR count). The zero-order valence-corrected chi connectivity index (χ0v) is 66.8. The highest BCUT2D eigenvalue weighted by Gasteiger charge is 2.30. The lowest BCUT2D eigenvalue weighted by atomic mass is 10.0. The number of unbranched alkanes of at least 4 members (excludes halogenated alkanes) is 46. The molecule has 0 radical (unpaired) electrons. The second-order valence-corrected chi connectivity index (χ2v) is 33.1. The summed E-state index contributed by atoms with van der Waals surface area (Å²) in [5.74, 6) is 0.139. The van der Waals surface area contributed by atoms with Gasteiger partial charge in [-0.1, -0.05) is 363 Å². The first-order valence-electron chi connectivity index (χ1n) is 41.3. The van der Waals surface area contributed by atoms with Crippen LogP contribution in [0.15, 0.2) is 0 Å². The maximum atomic E-state index is 13.1. The number of phosphoric acid groups is 2. The van der Waals surface area contributed by atoms with Crippen molar-refractivity contribution in [1.29, 1.82) is 0 Å². The third-order valence-electron chi connectivity index (χ3n) is 18.6. The SMILES string of the molecule is CCCCCCCCCCCCCCCCCCCCC(=O)OC[C@H](COP(=O)(O)OC[C@@H](O)COP(=O)(O)OC[C@@H](COC(=O)CCCCCCCCCCC(C)C)OC(=O)CCCCCCCCCCC(C)C)OC(=O)CCCCCCCCCCCCCCCCCCC(C)C. The molecule has 0 aliphatic heterocycles. The van der Waals surface area contributed by atoms with Crippen LogP contribution in [0.25, 0.3) is 0 Å². The fourth-order valence-corrected chi connectivity index (χ4v) is 13.9. The van der Waals surface area contributed by atoms with E-state index in [2.05, 4.69) is 48.5 Å². The summed E-state index contributed by atoms with van der Waals surface area (Å²) in [6, 6.07) is 0. The van der Waals surface area contributed by atoms with Crippen molar-refractivity contribution in [3.05, 3.63) is 0 Å². The van der Waals surface area contributed by atoms with Gasteiger partial charge >= 0.3 is 39.5 Å². The molecule has 0 saturated carbocycles. The van der Waals surface area contributed by atoms with Crippen LogP contribution in [-0.2, 0) is 65.4 Å². The third kappa shape index (κ3) is 74.1. The van der Waals surface area contributed by atoms with Gasteiger partial charge in [-0.3, -0.25) is 37.3 Å². The average Bonchev–Trinajstić information content (AvgIpc) is 0.998. The standard InChI is InChI=1S/C80H156O17P2/c1-8-9-10-11-12-13-14-15-16-17-18-22-25-28-31-40-47-54-61-77(82)90-67-75(96-79(84)63-56-49-42-32-29-26-23-20-19-21-24-27-30-37-44-51-58-71(2)3)69-94-98(86,87)92-65-74(81)66-93-99(88,89)95-70-76(97-80(85)64-57-50-43-36-34-39-46-53-60-73(6)7)68-91-78(83)62-55-48-41-35-33-38-45-52-59-72(4)5/h71-76,81H,8-70H2,1-7H3,(H,86,87)(H,88,89)/t74-,75-,76-/m1/s1. The fraction of sp³-hybridized carbons (Fsp3) is 0.950. The second kappa shape index (κ2) is 70.4. The molecule has 3 N–H and O–H groups in total. The molecule has 0 aliphatic carbocycles.